The summed E-state index contributed by atoms with van der Waals surface area (Å²) >= 11 is 6.82. The first-order valence-electron chi connectivity index (χ1n) is 10.2. The Morgan fingerprint density at radius 3 is 2.52 bits per heavy atom. The quantitative estimate of drug-likeness (QED) is 0.439. The molecule has 2 aromatic carbocycles. The second-order valence-corrected chi connectivity index (χ2v) is 8.07. The van der Waals surface area contributed by atoms with Crippen LogP contribution in [0, 0.1) is 5.82 Å². The SMILES string of the molecule is Fc1cccc(-c2nn(CCN3CC[C@@H](F)C3)c3nnc(-c4ccccc4)c(Cl)c23)c1. The second kappa shape index (κ2) is 8.32. The van der Waals surface area contributed by atoms with Gasteiger partial charge in [0, 0.05) is 30.8 Å². The van der Waals surface area contributed by atoms with Gasteiger partial charge in [-0.15, -0.1) is 10.2 Å². The predicted octanol–water partition coefficient (Wildman–Crippen LogP) is 5.00. The van der Waals surface area contributed by atoms with Gasteiger partial charge in [-0.25, -0.2) is 13.5 Å². The maximum atomic E-state index is 14.0. The third-order valence-electron chi connectivity index (χ3n) is 5.59. The van der Waals surface area contributed by atoms with E-state index < -0.39 is 6.17 Å². The Hall–Kier alpha value is -2.90. The number of likely N-dealkylation sites (tertiary alicyclic amines) is 1. The minimum absolute atomic E-state index is 0.354. The summed E-state index contributed by atoms with van der Waals surface area (Å²) in [4.78, 5) is 2.06. The molecule has 0 amide bonds. The summed E-state index contributed by atoms with van der Waals surface area (Å²) in [6, 6.07) is 15.8. The molecule has 0 unspecified atom stereocenters. The van der Waals surface area contributed by atoms with Crippen LogP contribution in [0.1, 0.15) is 6.42 Å². The fraction of sp³-hybridized carbons (Fsp3) is 0.261. The van der Waals surface area contributed by atoms with Crippen LogP contribution in [0.5, 0.6) is 0 Å². The molecular formula is C23H20ClF2N5. The summed E-state index contributed by atoms with van der Waals surface area (Å²) in [5.74, 6) is -0.354. The minimum Gasteiger partial charge on any atom is -0.299 e. The van der Waals surface area contributed by atoms with E-state index in [1.807, 2.05) is 30.3 Å². The molecule has 0 spiro atoms. The van der Waals surface area contributed by atoms with E-state index in [9.17, 15) is 8.78 Å². The second-order valence-electron chi connectivity index (χ2n) is 7.70. The first kappa shape index (κ1) is 20.0. The number of hydrogen-bond acceptors (Lipinski definition) is 4. The van der Waals surface area contributed by atoms with Crippen molar-refractivity contribution in [2.45, 2.75) is 19.1 Å². The molecule has 1 aliphatic heterocycles. The molecule has 0 aliphatic carbocycles. The van der Waals surface area contributed by atoms with Gasteiger partial charge < -0.3 is 0 Å². The Balaban J connectivity index is 1.62. The van der Waals surface area contributed by atoms with Crippen molar-refractivity contribution in [3.05, 3.63) is 65.4 Å². The summed E-state index contributed by atoms with van der Waals surface area (Å²) in [7, 11) is 0. The van der Waals surface area contributed by atoms with E-state index in [4.69, 9.17) is 16.7 Å². The Morgan fingerprint density at radius 1 is 0.968 bits per heavy atom. The molecule has 31 heavy (non-hydrogen) atoms. The van der Waals surface area contributed by atoms with Gasteiger partial charge in [0.25, 0.3) is 0 Å². The van der Waals surface area contributed by atoms with Crippen LogP contribution in [-0.4, -0.2) is 50.7 Å². The molecule has 158 valence electrons. The lowest BCUT2D eigenvalue weighted by Crippen LogP contribution is -2.26. The van der Waals surface area contributed by atoms with Crippen molar-refractivity contribution >= 4 is 22.6 Å². The van der Waals surface area contributed by atoms with E-state index in [0.717, 1.165) is 12.1 Å². The number of alkyl halides is 1. The average Bonchev–Trinajstić information content (AvgIpc) is 3.37. The predicted molar refractivity (Wildman–Crippen MR) is 117 cm³/mol. The van der Waals surface area contributed by atoms with Crippen molar-refractivity contribution in [2.24, 2.45) is 0 Å². The zero-order valence-electron chi connectivity index (χ0n) is 16.7. The van der Waals surface area contributed by atoms with Crippen molar-refractivity contribution in [1.29, 1.82) is 0 Å². The number of hydrogen-bond donors (Lipinski definition) is 0. The molecule has 1 aliphatic rings. The van der Waals surface area contributed by atoms with E-state index in [1.165, 1.54) is 12.1 Å². The summed E-state index contributed by atoms with van der Waals surface area (Å²) in [5, 5.41) is 14.6. The Labute approximate surface area is 183 Å². The van der Waals surface area contributed by atoms with E-state index in [0.29, 0.717) is 59.1 Å². The van der Waals surface area contributed by atoms with Crippen LogP contribution in [0.2, 0.25) is 5.02 Å². The summed E-state index contributed by atoms with van der Waals surface area (Å²) in [6.45, 7) is 2.30. The molecule has 0 N–H and O–H groups in total. The topological polar surface area (TPSA) is 46.8 Å². The van der Waals surface area contributed by atoms with Crippen molar-refractivity contribution in [3.63, 3.8) is 0 Å². The molecule has 8 heteroatoms. The molecule has 0 radical (unpaired) electrons. The number of aromatic nitrogens is 4. The van der Waals surface area contributed by atoms with Gasteiger partial charge in [-0.05, 0) is 18.6 Å². The highest BCUT2D eigenvalue weighted by Crippen LogP contribution is 2.37. The molecule has 2 aromatic heterocycles. The molecule has 5 nitrogen and oxygen atoms in total. The first-order chi connectivity index (χ1) is 15.1. The van der Waals surface area contributed by atoms with Crippen LogP contribution in [0.25, 0.3) is 33.5 Å². The highest BCUT2D eigenvalue weighted by atomic mass is 35.5. The molecule has 1 saturated heterocycles. The van der Waals surface area contributed by atoms with Gasteiger partial charge in [0.2, 0.25) is 0 Å². The molecule has 3 heterocycles. The van der Waals surface area contributed by atoms with Crippen molar-refractivity contribution in [1.82, 2.24) is 24.9 Å². The van der Waals surface area contributed by atoms with Crippen LogP contribution in [0.3, 0.4) is 0 Å². The molecule has 4 aromatic rings. The molecule has 0 saturated carbocycles. The highest BCUT2D eigenvalue weighted by molar-refractivity contribution is 6.38. The Morgan fingerprint density at radius 2 is 1.77 bits per heavy atom. The molecule has 1 atom stereocenters. The van der Waals surface area contributed by atoms with Crippen LogP contribution in [0.15, 0.2) is 54.6 Å². The fourth-order valence-corrected chi connectivity index (χ4v) is 4.34. The Bertz CT molecular complexity index is 1230. The van der Waals surface area contributed by atoms with Gasteiger partial charge in [0.15, 0.2) is 5.65 Å². The largest absolute Gasteiger partial charge is 0.299 e. The monoisotopic (exact) mass is 439 g/mol. The maximum absolute atomic E-state index is 14.0. The lowest BCUT2D eigenvalue weighted by atomic mass is 10.1. The molecular weight excluding hydrogens is 420 g/mol. The summed E-state index contributed by atoms with van der Waals surface area (Å²) in [6.07, 6.45) is -0.222. The first-order valence-corrected chi connectivity index (χ1v) is 10.6. The van der Waals surface area contributed by atoms with E-state index in [2.05, 4.69) is 15.1 Å². The van der Waals surface area contributed by atoms with Gasteiger partial charge in [0.1, 0.15) is 23.4 Å². The lowest BCUT2D eigenvalue weighted by molar-refractivity contribution is 0.277. The number of rotatable bonds is 5. The average molecular weight is 440 g/mol. The maximum Gasteiger partial charge on any atom is 0.182 e. The van der Waals surface area contributed by atoms with Crippen LogP contribution >= 0.6 is 11.6 Å². The fourth-order valence-electron chi connectivity index (χ4n) is 4.02. The third kappa shape index (κ3) is 3.91. The zero-order valence-corrected chi connectivity index (χ0v) is 17.4. The van der Waals surface area contributed by atoms with Crippen molar-refractivity contribution in [2.75, 3.05) is 19.6 Å². The van der Waals surface area contributed by atoms with Crippen molar-refractivity contribution in [3.8, 4) is 22.5 Å². The number of benzene rings is 2. The zero-order chi connectivity index (χ0) is 21.4. The summed E-state index contributed by atoms with van der Waals surface area (Å²) in [5.41, 5.74) is 3.08. The minimum atomic E-state index is -0.778. The smallest absolute Gasteiger partial charge is 0.182 e. The normalized spacial score (nSPS) is 16.9. The molecule has 1 fully saturated rings. The molecule has 5 rings (SSSR count). The number of halogens is 3. The Kier molecular flexibility index (Phi) is 5.38. The highest BCUT2D eigenvalue weighted by Gasteiger charge is 2.24. The van der Waals surface area contributed by atoms with E-state index in [-0.39, 0.29) is 5.82 Å². The standard InChI is InChI=1S/C23H20ClF2N5/c24-20-19-21(16-7-4-8-17(25)13-16)29-31(12-11-30-10-9-18(26)14-30)23(19)28-27-22(20)15-5-2-1-3-6-15/h1-8,13,18H,9-12,14H2/t18-/m1/s1. The van der Waals surface area contributed by atoms with Crippen LogP contribution < -0.4 is 0 Å². The van der Waals surface area contributed by atoms with Crippen molar-refractivity contribution < 1.29 is 8.78 Å². The molecule has 0 bridgehead atoms. The van der Waals surface area contributed by atoms with Crippen LogP contribution in [-0.2, 0) is 6.54 Å². The van der Waals surface area contributed by atoms with E-state index in [1.54, 1.807) is 16.8 Å². The van der Waals surface area contributed by atoms with E-state index >= 15 is 0 Å². The van der Waals surface area contributed by atoms with Gasteiger partial charge >= 0.3 is 0 Å². The van der Waals surface area contributed by atoms with Gasteiger partial charge in [-0.2, -0.15) is 5.10 Å². The third-order valence-corrected chi connectivity index (χ3v) is 5.95. The van der Waals surface area contributed by atoms with Gasteiger partial charge in [-0.1, -0.05) is 54.1 Å². The van der Waals surface area contributed by atoms with Gasteiger partial charge in [-0.3, -0.25) is 4.90 Å². The lowest BCUT2D eigenvalue weighted by Gasteiger charge is -2.14. The number of nitrogens with zero attached hydrogens (tertiary/aromatic N) is 5. The van der Waals surface area contributed by atoms with Crippen LogP contribution in [0.4, 0.5) is 8.78 Å². The number of fused-ring (bicyclic) bond motifs is 1. The summed E-state index contributed by atoms with van der Waals surface area (Å²) < 4.78 is 29.2. The van der Waals surface area contributed by atoms with Gasteiger partial charge in [0.05, 0.1) is 17.0 Å².